The van der Waals surface area contributed by atoms with Gasteiger partial charge in [0.05, 0.1) is 0 Å². The molecule has 0 aliphatic rings. The molecule has 2 aromatic carbocycles. The van der Waals surface area contributed by atoms with Gasteiger partial charge in [-0.15, -0.1) is 0 Å². The molecule has 0 aliphatic heterocycles. The summed E-state index contributed by atoms with van der Waals surface area (Å²) in [5.41, 5.74) is 2.14. The zero-order valence-corrected chi connectivity index (χ0v) is 14.4. The summed E-state index contributed by atoms with van der Waals surface area (Å²) < 4.78 is 0. The van der Waals surface area contributed by atoms with Gasteiger partial charge in [-0.3, -0.25) is 9.59 Å². The summed E-state index contributed by atoms with van der Waals surface area (Å²) in [5.74, 6) is -0.157. The molecule has 24 heavy (non-hydrogen) atoms. The summed E-state index contributed by atoms with van der Waals surface area (Å²) in [6.45, 7) is 5.81. The zero-order chi connectivity index (χ0) is 17.6. The van der Waals surface area contributed by atoms with Crippen LogP contribution in [0.1, 0.15) is 43.1 Å². The molecule has 0 heterocycles. The smallest absolute Gasteiger partial charge is 0.251 e. The molecule has 0 unspecified atom stereocenters. The fraction of sp³-hybridized carbons (Fsp3) is 0.300. The fourth-order valence-electron chi connectivity index (χ4n) is 2.24. The van der Waals surface area contributed by atoms with E-state index in [0.29, 0.717) is 24.1 Å². The summed E-state index contributed by atoms with van der Waals surface area (Å²) in [6, 6.07) is 16.8. The fourth-order valence-corrected chi connectivity index (χ4v) is 2.24. The SMILES string of the molecule is CC(C)(C)NC(=O)c1ccc(NC(=O)CCc2ccccc2)cc1. The van der Waals surface area contributed by atoms with Crippen LogP contribution in [-0.4, -0.2) is 17.4 Å². The average molecular weight is 324 g/mol. The van der Waals surface area contributed by atoms with Crippen LogP contribution in [0.5, 0.6) is 0 Å². The number of rotatable bonds is 5. The Morgan fingerprint density at radius 1 is 0.917 bits per heavy atom. The molecule has 2 N–H and O–H groups in total. The molecule has 0 radical (unpaired) electrons. The highest BCUT2D eigenvalue weighted by Gasteiger charge is 2.15. The Morgan fingerprint density at radius 3 is 2.12 bits per heavy atom. The number of carbonyl (C=O) groups excluding carboxylic acids is 2. The van der Waals surface area contributed by atoms with Crippen molar-refractivity contribution in [2.24, 2.45) is 0 Å². The van der Waals surface area contributed by atoms with Crippen molar-refractivity contribution in [1.29, 1.82) is 0 Å². The molecular formula is C20H24N2O2. The van der Waals surface area contributed by atoms with Crippen LogP contribution < -0.4 is 10.6 Å². The highest BCUT2D eigenvalue weighted by Crippen LogP contribution is 2.12. The maximum Gasteiger partial charge on any atom is 0.251 e. The van der Waals surface area contributed by atoms with Gasteiger partial charge in [-0.25, -0.2) is 0 Å². The molecule has 0 fully saturated rings. The molecule has 0 bridgehead atoms. The van der Waals surface area contributed by atoms with Crippen molar-refractivity contribution in [3.05, 3.63) is 65.7 Å². The summed E-state index contributed by atoms with van der Waals surface area (Å²) >= 11 is 0. The van der Waals surface area contributed by atoms with Crippen molar-refractivity contribution in [1.82, 2.24) is 5.32 Å². The number of nitrogens with one attached hydrogen (secondary N) is 2. The van der Waals surface area contributed by atoms with Gasteiger partial charge in [0.1, 0.15) is 0 Å². The molecule has 0 atom stereocenters. The molecule has 0 saturated carbocycles. The van der Waals surface area contributed by atoms with E-state index in [0.717, 1.165) is 5.56 Å². The molecule has 0 aliphatic carbocycles. The van der Waals surface area contributed by atoms with E-state index in [9.17, 15) is 9.59 Å². The van der Waals surface area contributed by atoms with Crippen LogP contribution in [0.25, 0.3) is 0 Å². The molecule has 2 rings (SSSR count). The lowest BCUT2D eigenvalue weighted by molar-refractivity contribution is -0.116. The second-order valence-corrected chi connectivity index (χ2v) is 6.82. The first-order valence-corrected chi connectivity index (χ1v) is 8.10. The average Bonchev–Trinajstić information content (AvgIpc) is 2.53. The number of hydrogen-bond acceptors (Lipinski definition) is 2. The minimum absolute atomic E-state index is 0.0363. The molecule has 2 aromatic rings. The molecule has 126 valence electrons. The highest BCUT2D eigenvalue weighted by atomic mass is 16.2. The first-order chi connectivity index (χ1) is 11.3. The van der Waals surface area contributed by atoms with E-state index in [-0.39, 0.29) is 17.4 Å². The quantitative estimate of drug-likeness (QED) is 0.879. The number of anilines is 1. The van der Waals surface area contributed by atoms with E-state index >= 15 is 0 Å². The van der Waals surface area contributed by atoms with Gasteiger partial charge in [0.2, 0.25) is 5.91 Å². The van der Waals surface area contributed by atoms with Crippen molar-refractivity contribution in [2.75, 3.05) is 5.32 Å². The number of hydrogen-bond donors (Lipinski definition) is 2. The molecule has 4 nitrogen and oxygen atoms in total. The minimum Gasteiger partial charge on any atom is -0.347 e. The van der Waals surface area contributed by atoms with Gasteiger partial charge in [0, 0.05) is 23.2 Å². The maximum absolute atomic E-state index is 12.1. The lowest BCUT2D eigenvalue weighted by Gasteiger charge is -2.20. The van der Waals surface area contributed by atoms with Crippen LogP contribution in [0, 0.1) is 0 Å². The van der Waals surface area contributed by atoms with Gasteiger partial charge in [-0.2, -0.15) is 0 Å². The van der Waals surface area contributed by atoms with Crippen molar-refractivity contribution in [2.45, 2.75) is 39.2 Å². The normalized spacial score (nSPS) is 11.0. The summed E-state index contributed by atoms with van der Waals surface area (Å²) in [7, 11) is 0. The monoisotopic (exact) mass is 324 g/mol. The van der Waals surface area contributed by atoms with Crippen molar-refractivity contribution < 1.29 is 9.59 Å². The van der Waals surface area contributed by atoms with Crippen LogP contribution in [-0.2, 0) is 11.2 Å². The van der Waals surface area contributed by atoms with E-state index in [2.05, 4.69) is 10.6 Å². The van der Waals surface area contributed by atoms with Gasteiger partial charge in [-0.1, -0.05) is 30.3 Å². The third-order valence-corrected chi connectivity index (χ3v) is 3.40. The van der Waals surface area contributed by atoms with Gasteiger partial charge >= 0.3 is 0 Å². The van der Waals surface area contributed by atoms with Crippen LogP contribution in [0.3, 0.4) is 0 Å². The van der Waals surface area contributed by atoms with Gasteiger partial charge in [0.25, 0.3) is 5.91 Å². The highest BCUT2D eigenvalue weighted by molar-refractivity contribution is 5.96. The molecule has 0 aromatic heterocycles. The third-order valence-electron chi connectivity index (χ3n) is 3.40. The second kappa shape index (κ2) is 7.77. The van der Waals surface area contributed by atoms with Gasteiger partial charge < -0.3 is 10.6 Å². The Balaban J connectivity index is 1.87. The van der Waals surface area contributed by atoms with Crippen LogP contribution in [0.15, 0.2) is 54.6 Å². The first-order valence-electron chi connectivity index (χ1n) is 8.10. The zero-order valence-electron chi connectivity index (χ0n) is 14.4. The van der Waals surface area contributed by atoms with Crippen molar-refractivity contribution in [3.8, 4) is 0 Å². The number of benzene rings is 2. The topological polar surface area (TPSA) is 58.2 Å². The molecular weight excluding hydrogens is 300 g/mol. The lowest BCUT2D eigenvalue weighted by Crippen LogP contribution is -2.40. The van der Waals surface area contributed by atoms with E-state index in [1.807, 2.05) is 51.1 Å². The summed E-state index contributed by atoms with van der Waals surface area (Å²) in [5, 5.41) is 5.76. The van der Waals surface area contributed by atoms with Crippen LogP contribution in [0.2, 0.25) is 0 Å². The van der Waals surface area contributed by atoms with Crippen LogP contribution in [0.4, 0.5) is 5.69 Å². The van der Waals surface area contributed by atoms with E-state index in [1.165, 1.54) is 0 Å². The standard InChI is InChI=1S/C20H24N2O2/c1-20(2,3)22-19(24)16-10-12-17(13-11-16)21-18(23)14-9-15-7-5-4-6-8-15/h4-8,10-13H,9,14H2,1-3H3,(H,21,23)(H,22,24). The second-order valence-electron chi connectivity index (χ2n) is 6.82. The Labute approximate surface area is 143 Å². The van der Waals surface area contributed by atoms with Crippen LogP contribution >= 0.6 is 0 Å². The summed E-state index contributed by atoms with van der Waals surface area (Å²) in [6.07, 6.45) is 1.13. The summed E-state index contributed by atoms with van der Waals surface area (Å²) in [4.78, 5) is 24.1. The number of aryl methyl sites for hydroxylation is 1. The minimum atomic E-state index is -0.276. The van der Waals surface area contributed by atoms with E-state index in [1.54, 1.807) is 24.3 Å². The van der Waals surface area contributed by atoms with Crippen molar-refractivity contribution >= 4 is 17.5 Å². The molecule has 4 heteroatoms. The molecule has 2 amide bonds. The predicted octanol–water partition coefficient (Wildman–Crippen LogP) is 3.79. The van der Waals surface area contributed by atoms with Gasteiger partial charge in [-0.05, 0) is 57.0 Å². The third kappa shape index (κ3) is 5.88. The molecule has 0 saturated heterocycles. The lowest BCUT2D eigenvalue weighted by atomic mass is 10.1. The predicted molar refractivity (Wildman–Crippen MR) is 97.1 cm³/mol. The van der Waals surface area contributed by atoms with E-state index in [4.69, 9.17) is 0 Å². The number of carbonyl (C=O) groups is 2. The van der Waals surface area contributed by atoms with Gasteiger partial charge in [0.15, 0.2) is 0 Å². The maximum atomic E-state index is 12.1. The van der Waals surface area contributed by atoms with E-state index < -0.39 is 0 Å². The Kier molecular flexibility index (Phi) is 5.74. The Hall–Kier alpha value is -2.62. The number of amides is 2. The first kappa shape index (κ1) is 17.7. The molecule has 0 spiro atoms. The Morgan fingerprint density at radius 2 is 1.54 bits per heavy atom. The Bertz CT molecular complexity index is 686. The largest absolute Gasteiger partial charge is 0.347 e. The van der Waals surface area contributed by atoms with Crippen molar-refractivity contribution in [3.63, 3.8) is 0 Å².